The van der Waals surface area contributed by atoms with Crippen LogP contribution in [0.4, 0.5) is 21.8 Å². The monoisotopic (exact) mass is 538 g/mol. The molecular weight excluding hydrogens is 511 g/mol. The van der Waals surface area contributed by atoms with Gasteiger partial charge in [0.25, 0.3) is 5.91 Å². The molecule has 0 unspecified atom stereocenters. The summed E-state index contributed by atoms with van der Waals surface area (Å²) in [5.41, 5.74) is 8.53. The molecule has 5 rings (SSSR count). The Bertz CT molecular complexity index is 1400. The lowest BCUT2D eigenvalue weighted by Crippen LogP contribution is -2.54. The Labute approximate surface area is 222 Å². The number of hydrogen-bond acceptors (Lipinski definition) is 9. The molecule has 2 atom stereocenters. The first-order valence-electron chi connectivity index (χ1n) is 11.8. The van der Waals surface area contributed by atoms with Crippen LogP contribution in [0.2, 0.25) is 0 Å². The molecule has 4 N–H and O–H groups in total. The fraction of sp³-hybridized carbons (Fsp3) is 0.269. The molecule has 1 saturated heterocycles. The van der Waals surface area contributed by atoms with Crippen molar-refractivity contribution in [3.8, 4) is 26.6 Å². The van der Waals surface area contributed by atoms with Crippen molar-refractivity contribution in [2.45, 2.75) is 25.9 Å². The quantitative estimate of drug-likeness (QED) is 0.300. The first-order chi connectivity index (χ1) is 17.8. The molecule has 1 aromatic carbocycles. The Balaban J connectivity index is 1.42. The highest BCUT2D eigenvalue weighted by molar-refractivity contribution is 7.20. The smallest absolute Gasteiger partial charge is 0.253 e. The van der Waals surface area contributed by atoms with Crippen LogP contribution in [0, 0.1) is 5.82 Å². The summed E-state index contributed by atoms with van der Waals surface area (Å²) >= 11 is 3.00. The summed E-state index contributed by atoms with van der Waals surface area (Å²) in [6.07, 6.45) is 1.20. The summed E-state index contributed by atoms with van der Waals surface area (Å²) in [6.45, 7) is 5.69. The molecule has 37 heavy (non-hydrogen) atoms. The van der Waals surface area contributed by atoms with Gasteiger partial charge >= 0.3 is 0 Å². The molecule has 1 aliphatic heterocycles. The third kappa shape index (κ3) is 5.15. The third-order valence-electron chi connectivity index (χ3n) is 6.08. The highest BCUT2D eigenvalue weighted by atomic mass is 32.1. The molecule has 8 nitrogen and oxygen atoms in total. The van der Waals surface area contributed by atoms with Gasteiger partial charge in [-0.1, -0.05) is 12.1 Å². The zero-order chi connectivity index (χ0) is 26.1. The molecular formula is C26H27FN6O2S2. The Kier molecular flexibility index (Phi) is 7.09. The van der Waals surface area contributed by atoms with Crippen molar-refractivity contribution in [3.05, 3.63) is 58.7 Å². The predicted molar refractivity (Wildman–Crippen MR) is 148 cm³/mol. The van der Waals surface area contributed by atoms with Gasteiger partial charge < -0.3 is 26.0 Å². The number of carbonyl (C=O) groups is 1. The first kappa shape index (κ1) is 25.1. The molecule has 3 aromatic heterocycles. The van der Waals surface area contributed by atoms with Gasteiger partial charge in [-0.2, -0.15) is 16.3 Å². The number of benzene rings is 1. The van der Waals surface area contributed by atoms with E-state index in [1.807, 2.05) is 41.1 Å². The van der Waals surface area contributed by atoms with Gasteiger partial charge in [-0.25, -0.2) is 9.37 Å². The number of nitrogens with one attached hydrogen (secondary N) is 2. The molecule has 11 heteroatoms. The van der Waals surface area contributed by atoms with Gasteiger partial charge in [0.2, 0.25) is 5.95 Å². The number of rotatable bonds is 7. The number of nitrogens with zero attached hydrogens (tertiary/aromatic N) is 3. The topological polar surface area (TPSA) is 105 Å². The van der Waals surface area contributed by atoms with Crippen LogP contribution < -0.4 is 26.0 Å². The Morgan fingerprint density at radius 1 is 1.16 bits per heavy atom. The maximum atomic E-state index is 14.6. The van der Waals surface area contributed by atoms with E-state index < -0.39 is 11.7 Å². The minimum absolute atomic E-state index is 0.112. The van der Waals surface area contributed by atoms with Crippen LogP contribution in [0.5, 0.6) is 5.75 Å². The zero-order valence-corrected chi connectivity index (χ0v) is 22.3. The summed E-state index contributed by atoms with van der Waals surface area (Å²) in [6, 6.07) is 9.96. The minimum atomic E-state index is -0.540. The number of nitrogens with two attached hydrogens (primary N) is 1. The van der Waals surface area contributed by atoms with Gasteiger partial charge in [-0.05, 0) is 48.4 Å². The number of aromatic nitrogens is 2. The van der Waals surface area contributed by atoms with Crippen LogP contribution in [0.3, 0.4) is 0 Å². The number of anilines is 3. The van der Waals surface area contributed by atoms with Crippen LogP contribution in [-0.2, 0) is 0 Å². The maximum Gasteiger partial charge on any atom is 0.253 e. The summed E-state index contributed by atoms with van der Waals surface area (Å²) in [5.74, 6) is -0.0203. The molecule has 0 aliphatic carbocycles. The third-order valence-corrected chi connectivity index (χ3v) is 8.03. The van der Waals surface area contributed by atoms with E-state index in [2.05, 4.69) is 39.3 Å². The molecule has 4 heterocycles. The lowest BCUT2D eigenvalue weighted by Gasteiger charge is -2.36. The average Bonchev–Trinajstić information content (AvgIpc) is 3.53. The van der Waals surface area contributed by atoms with Gasteiger partial charge in [-0.15, -0.1) is 11.3 Å². The minimum Gasteiger partial charge on any atom is -0.494 e. The Hall–Kier alpha value is -3.54. The van der Waals surface area contributed by atoms with Crippen molar-refractivity contribution >= 4 is 46.0 Å². The van der Waals surface area contributed by atoms with Crippen molar-refractivity contribution in [1.82, 2.24) is 15.3 Å². The standard InChI is InChI=1S/C26H27FN6O2S2/c1-14-11-33(12-15(2)30-14)26-29-10-19(27)25(32-26)31-18-6-4-16(5-7-18)23-21(35-3)20(24(28)34)22(37-23)17-8-9-36-13-17/h4-10,13-15,30H,11-12H2,1-3H3,(H2,28,34)(H,29,31,32)/t14-,15+. The van der Waals surface area contributed by atoms with Crippen molar-refractivity contribution in [2.24, 2.45) is 5.73 Å². The molecule has 192 valence electrons. The number of ether oxygens (including phenoxy) is 1. The number of hydrogen-bond donors (Lipinski definition) is 3. The van der Waals surface area contributed by atoms with Crippen molar-refractivity contribution in [3.63, 3.8) is 0 Å². The molecule has 0 bridgehead atoms. The largest absolute Gasteiger partial charge is 0.494 e. The number of piperazine rings is 1. The van der Waals surface area contributed by atoms with E-state index in [4.69, 9.17) is 10.5 Å². The lowest BCUT2D eigenvalue weighted by atomic mass is 10.1. The molecule has 1 aliphatic rings. The maximum absolute atomic E-state index is 14.6. The van der Waals surface area contributed by atoms with Gasteiger partial charge in [-0.3, -0.25) is 4.79 Å². The number of amides is 1. The molecule has 0 spiro atoms. The van der Waals surface area contributed by atoms with Gasteiger partial charge in [0.05, 0.1) is 23.1 Å². The SMILES string of the molecule is COc1c(-c2ccc(Nc3nc(N4C[C@@H](C)N[C@@H](C)C4)ncc3F)cc2)sc(-c2ccsc2)c1C(N)=O. The van der Waals surface area contributed by atoms with Gasteiger partial charge in [0.15, 0.2) is 17.4 Å². The van der Waals surface area contributed by atoms with Crippen molar-refractivity contribution in [1.29, 1.82) is 0 Å². The predicted octanol–water partition coefficient (Wildman–Crippen LogP) is 5.11. The van der Waals surface area contributed by atoms with Crippen LogP contribution in [0.15, 0.2) is 47.3 Å². The number of methoxy groups -OCH3 is 1. The zero-order valence-electron chi connectivity index (χ0n) is 20.6. The second-order valence-electron chi connectivity index (χ2n) is 8.99. The number of primary amides is 1. The first-order valence-corrected chi connectivity index (χ1v) is 13.5. The van der Waals surface area contributed by atoms with Crippen LogP contribution in [0.25, 0.3) is 20.9 Å². The fourth-order valence-corrected chi connectivity index (χ4v) is 6.55. The second-order valence-corrected chi connectivity index (χ2v) is 10.8. The Morgan fingerprint density at radius 3 is 2.51 bits per heavy atom. The van der Waals surface area contributed by atoms with E-state index in [1.54, 1.807) is 11.3 Å². The van der Waals surface area contributed by atoms with Gasteiger partial charge in [0, 0.05) is 36.4 Å². The second kappa shape index (κ2) is 10.4. The van der Waals surface area contributed by atoms with E-state index >= 15 is 0 Å². The van der Waals surface area contributed by atoms with Crippen LogP contribution in [0.1, 0.15) is 24.2 Å². The lowest BCUT2D eigenvalue weighted by molar-refractivity contribution is 0.0998. The van der Waals surface area contributed by atoms with E-state index in [-0.39, 0.29) is 17.9 Å². The summed E-state index contributed by atoms with van der Waals surface area (Å²) in [7, 11) is 1.53. The average molecular weight is 539 g/mol. The molecule has 1 fully saturated rings. The summed E-state index contributed by atoms with van der Waals surface area (Å²) < 4.78 is 20.2. The van der Waals surface area contributed by atoms with Crippen molar-refractivity contribution in [2.75, 3.05) is 30.4 Å². The number of thiophene rings is 2. The van der Waals surface area contributed by atoms with Crippen LogP contribution >= 0.6 is 22.7 Å². The van der Waals surface area contributed by atoms with Crippen molar-refractivity contribution < 1.29 is 13.9 Å². The molecule has 0 saturated carbocycles. The molecule has 1 amide bonds. The molecule has 0 radical (unpaired) electrons. The van der Waals surface area contributed by atoms with E-state index in [0.29, 0.717) is 22.9 Å². The normalized spacial score (nSPS) is 17.6. The summed E-state index contributed by atoms with van der Waals surface area (Å²) in [4.78, 5) is 24.6. The number of carbonyl (C=O) groups excluding carboxylic acids is 1. The summed E-state index contributed by atoms with van der Waals surface area (Å²) in [5, 5.41) is 10.5. The molecule has 4 aromatic rings. The fourth-order valence-electron chi connectivity index (χ4n) is 4.55. The van der Waals surface area contributed by atoms with E-state index in [9.17, 15) is 9.18 Å². The number of halogens is 1. The van der Waals surface area contributed by atoms with Crippen LogP contribution in [-0.4, -0.2) is 48.2 Å². The van der Waals surface area contributed by atoms with E-state index in [1.165, 1.54) is 24.6 Å². The van der Waals surface area contributed by atoms with E-state index in [0.717, 1.165) is 34.0 Å². The highest BCUT2D eigenvalue weighted by Crippen LogP contribution is 2.47. The van der Waals surface area contributed by atoms with Gasteiger partial charge in [0.1, 0.15) is 5.56 Å². The Morgan fingerprint density at radius 2 is 1.89 bits per heavy atom. The highest BCUT2D eigenvalue weighted by Gasteiger charge is 2.26.